The van der Waals surface area contributed by atoms with Gasteiger partial charge in [-0.05, 0) is 26.2 Å². The van der Waals surface area contributed by atoms with Crippen molar-refractivity contribution in [1.29, 1.82) is 0 Å². The molecule has 0 saturated heterocycles. The number of ether oxygens (including phenoxy) is 1. The van der Waals surface area contributed by atoms with Crippen molar-refractivity contribution in [3.63, 3.8) is 0 Å². The average molecular weight is 307 g/mol. The molecule has 1 fully saturated rings. The van der Waals surface area contributed by atoms with Crippen LogP contribution in [0.3, 0.4) is 0 Å². The summed E-state index contributed by atoms with van der Waals surface area (Å²) >= 11 is 0. The Labute approximate surface area is 118 Å². The Morgan fingerprint density at radius 3 is 2.65 bits per heavy atom. The number of hydrogen-bond acceptors (Lipinski definition) is 5. The third-order valence-electron chi connectivity index (χ3n) is 3.25. The molecule has 0 spiro atoms. The van der Waals surface area contributed by atoms with Crippen molar-refractivity contribution in [2.75, 3.05) is 12.4 Å². The van der Waals surface area contributed by atoms with Gasteiger partial charge in [-0.1, -0.05) is 6.42 Å². The van der Waals surface area contributed by atoms with Gasteiger partial charge < -0.3 is 9.84 Å². The van der Waals surface area contributed by atoms with Crippen LogP contribution in [0.25, 0.3) is 0 Å². The highest BCUT2D eigenvalue weighted by Gasteiger charge is 2.29. The highest BCUT2D eigenvalue weighted by Crippen LogP contribution is 2.24. The van der Waals surface area contributed by atoms with Crippen molar-refractivity contribution in [3.8, 4) is 0 Å². The zero-order valence-electron chi connectivity index (χ0n) is 11.5. The number of esters is 1. The van der Waals surface area contributed by atoms with Gasteiger partial charge in [0.2, 0.25) is 10.0 Å². The van der Waals surface area contributed by atoms with E-state index in [2.05, 4.69) is 9.46 Å². The van der Waals surface area contributed by atoms with E-state index >= 15 is 0 Å². The van der Waals surface area contributed by atoms with Gasteiger partial charge in [0.15, 0.2) is 0 Å². The van der Waals surface area contributed by atoms with Crippen LogP contribution in [0.2, 0.25) is 0 Å². The monoisotopic (exact) mass is 307 g/mol. The van der Waals surface area contributed by atoms with Crippen LogP contribution in [0.4, 0.5) is 0 Å². The molecular formula is C12H21NO6S. The standard InChI is InChI=1S/C12H21NO6S/c1-2-19-11(14)6-7-20(17,18)13-10-5-3-4-9(8-10)12(15)16/h9-10,13H,2-8H2,1H3,(H,15,16). The molecular weight excluding hydrogens is 286 g/mol. The summed E-state index contributed by atoms with van der Waals surface area (Å²) < 4.78 is 30.8. The van der Waals surface area contributed by atoms with Crippen LogP contribution in [-0.2, 0) is 24.3 Å². The van der Waals surface area contributed by atoms with Crippen LogP contribution >= 0.6 is 0 Å². The Bertz CT molecular complexity index is 447. The number of carbonyl (C=O) groups is 2. The fraction of sp³-hybridized carbons (Fsp3) is 0.833. The molecule has 116 valence electrons. The van der Waals surface area contributed by atoms with Crippen molar-refractivity contribution in [2.24, 2.45) is 5.92 Å². The smallest absolute Gasteiger partial charge is 0.306 e. The van der Waals surface area contributed by atoms with Gasteiger partial charge in [-0.25, -0.2) is 13.1 Å². The number of nitrogens with one attached hydrogen (secondary N) is 1. The number of carbonyl (C=O) groups excluding carboxylic acids is 1. The normalized spacial score (nSPS) is 23.2. The number of aliphatic carboxylic acids is 1. The molecule has 0 aromatic carbocycles. The number of carboxylic acids is 1. The van der Waals surface area contributed by atoms with Crippen molar-refractivity contribution in [3.05, 3.63) is 0 Å². The molecule has 0 bridgehead atoms. The molecule has 0 amide bonds. The summed E-state index contributed by atoms with van der Waals surface area (Å²) in [7, 11) is -3.59. The predicted molar refractivity (Wildman–Crippen MR) is 71.6 cm³/mol. The maximum Gasteiger partial charge on any atom is 0.306 e. The SMILES string of the molecule is CCOC(=O)CCS(=O)(=O)NC1CCCC(C(=O)O)C1. The minimum atomic E-state index is -3.59. The first-order chi connectivity index (χ1) is 9.34. The van der Waals surface area contributed by atoms with Crippen molar-refractivity contribution < 1.29 is 27.9 Å². The van der Waals surface area contributed by atoms with Crippen LogP contribution < -0.4 is 4.72 Å². The lowest BCUT2D eigenvalue weighted by Gasteiger charge is -2.27. The van der Waals surface area contributed by atoms with Gasteiger partial charge >= 0.3 is 11.9 Å². The Kier molecular flexibility index (Phi) is 6.41. The molecule has 1 saturated carbocycles. The van der Waals surface area contributed by atoms with E-state index in [0.29, 0.717) is 25.7 Å². The van der Waals surface area contributed by atoms with Crippen LogP contribution in [-0.4, -0.2) is 43.9 Å². The van der Waals surface area contributed by atoms with Crippen molar-refractivity contribution in [1.82, 2.24) is 4.72 Å². The van der Waals surface area contributed by atoms with E-state index in [9.17, 15) is 18.0 Å². The summed E-state index contributed by atoms with van der Waals surface area (Å²) in [5, 5.41) is 8.95. The van der Waals surface area contributed by atoms with Gasteiger partial charge in [0, 0.05) is 6.04 Å². The molecule has 1 aliphatic rings. The number of sulfonamides is 1. The molecule has 1 aliphatic carbocycles. The maximum atomic E-state index is 11.8. The Morgan fingerprint density at radius 2 is 2.05 bits per heavy atom. The Morgan fingerprint density at radius 1 is 1.35 bits per heavy atom. The third kappa shape index (κ3) is 5.87. The number of carboxylic acid groups (broad SMARTS) is 1. The highest BCUT2D eigenvalue weighted by atomic mass is 32.2. The lowest BCUT2D eigenvalue weighted by atomic mass is 9.86. The van der Waals surface area contributed by atoms with Crippen LogP contribution in [0.15, 0.2) is 0 Å². The average Bonchev–Trinajstić information content (AvgIpc) is 2.37. The number of rotatable bonds is 7. The zero-order valence-corrected chi connectivity index (χ0v) is 12.3. The molecule has 0 radical (unpaired) electrons. The van der Waals surface area contributed by atoms with E-state index in [1.54, 1.807) is 6.92 Å². The summed E-state index contributed by atoms with van der Waals surface area (Å²) in [6, 6.07) is -0.364. The number of hydrogen-bond donors (Lipinski definition) is 2. The second kappa shape index (κ2) is 7.58. The largest absolute Gasteiger partial charge is 0.481 e. The predicted octanol–water partition coefficient (Wildman–Crippen LogP) is 0.502. The van der Waals surface area contributed by atoms with Crippen LogP contribution in [0, 0.1) is 5.92 Å². The van der Waals surface area contributed by atoms with E-state index < -0.39 is 27.9 Å². The Balaban J connectivity index is 2.45. The van der Waals surface area contributed by atoms with Crippen molar-refractivity contribution >= 4 is 22.0 Å². The topological polar surface area (TPSA) is 110 Å². The fourth-order valence-corrected chi connectivity index (χ4v) is 3.56. The molecule has 1 rings (SSSR count). The lowest BCUT2D eigenvalue weighted by molar-refractivity contribution is -0.143. The van der Waals surface area contributed by atoms with Gasteiger partial charge in [-0.15, -0.1) is 0 Å². The molecule has 0 aliphatic heterocycles. The molecule has 2 atom stereocenters. The molecule has 2 N–H and O–H groups in total. The van der Waals surface area contributed by atoms with E-state index in [4.69, 9.17) is 5.11 Å². The minimum Gasteiger partial charge on any atom is -0.481 e. The first kappa shape index (κ1) is 16.9. The van der Waals surface area contributed by atoms with Gasteiger partial charge in [-0.3, -0.25) is 9.59 Å². The summed E-state index contributed by atoms with van der Waals surface area (Å²) in [5.74, 6) is -2.27. The highest BCUT2D eigenvalue weighted by molar-refractivity contribution is 7.89. The third-order valence-corrected chi connectivity index (χ3v) is 4.68. The summed E-state index contributed by atoms with van der Waals surface area (Å²) in [6.07, 6.45) is 1.99. The second-order valence-electron chi connectivity index (χ2n) is 4.89. The zero-order chi connectivity index (χ0) is 15.2. The van der Waals surface area contributed by atoms with Gasteiger partial charge in [0.05, 0.1) is 24.7 Å². The molecule has 0 aromatic rings. The van der Waals surface area contributed by atoms with Gasteiger partial charge in [0.1, 0.15) is 0 Å². The molecule has 8 heteroatoms. The summed E-state index contributed by atoms with van der Waals surface area (Å²) in [6.45, 7) is 1.87. The summed E-state index contributed by atoms with van der Waals surface area (Å²) in [4.78, 5) is 22.0. The maximum absolute atomic E-state index is 11.8. The first-order valence-electron chi connectivity index (χ1n) is 6.72. The van der Waals surface area contributed by atoms with Crippen molar-refractivity contribution in [2.45, 2.75) is 45.1 Å². The first-order valence-corrected chi connectivity index (χ1v) is 8.37. The van der Waals surface area contributed by atoms with E-state index in [0.717, 1.165) is 0 Å². The van der Waals surface area contributed by atoms with Gasteiger partial charge in [0.25, 0.3) is 0 Å². The molecule has 0 heterocycles. The second-order valence-corrected chi connectivity index (χ2v) is 6.76. The van der Waals surface area contributed by atoms with Crippen LogP contribution in [0.1, 0.15) is 39.0 Å². The van der Waals surface area contributed by atoms with E-state index in [1.807, 2.05) is 0 Å². The molecule has 0 aromatic heterocycles. The lowest BCUT2D eigenvalue weighted by Crippen LogP contribution is -2.41. The van der Waals surface area contributed by atoms with Gasteiger partial charge in [-0.2, -0.15) is 0 Å². The quantitative estimate of drug-likeness (QED) is 0.663. The fourth-order valence-electron chi connectivity index (χ4n) is 2.28. The van der Waals surface area contributed by atoms with Crippen LogP contribution in [0.5, 0.6) is 0 Å². The molecule has 20 heavy (non-hydrogen) atoms. The minimum absolute atomic E-state index is 0.196. The molecule has 7 nitrogen and oxygen atoms in total. The van der Waals surface area contributed by atoms with E-state index in [1.165, 1.54) is 0 Å². The summed E-state index contributed by atoms with van der Waals surface area (Å²) in [5.41, 5.74) is 0. The van der Waals surface area contributed by atoms with E-state index in [-0.39, 0.29) is 24.8 Å². The Hall–Kier alpha value is -1.15. The molecule has 2 unspecified atom stereocenters.